The first kappa shape index (κ1) is 11.0. The van der Waals surface area contributed by atoms with E-state index in [2.05, 4.69) is 5.16 Å². The molecule has 2 aromatic rings. The Bertz CT molecular complexity index is 525. The molecule has 0 fully saturated rings. The summed E-state index contributed by atoms with van der Waals surface area (Å²) in [5.74, 6) is 0.143. The average Bonchev–Trinajstić information content (AvgIpc) is 2.62. The normalized spacial score (nSPS) is 10.8. The van der Waals surface area contributed by atoms with E-state index in [1.54, 1.807) is 6.92 Å². The quantitative estimate of drug-likeness (QED) is 0.832. The smallest absolute Gasteiger partial charge is 0.170 e. The summed E-state index contributed by atoms with van der Waals surface area (Å²) < 4.78 is 18.5. The maximum absolute atomic E-state index is 13.5. The van der Waals surface area contributed by atoms with Crippen molar-refractivity contribution < 1.29 is 8.91 Å². The van der Waals surface area contributed by atoms with Gasteiger partial charge in [-0.15, -0.1) is 0 Å². The van der Waals surface area contributed by atoms with Gasteiger partial charge in [-0.2, -0.15) is 0 Å². The lowest BCUT2D eigenvalue weighted by atomic mass is 10.0. The van der Waals surface area contributed by atoms with Gasteiger partial charge in [0.2, 0.25) is 0 Å². The maximum Gasteiger partial charge on any atom is 0.170 e. The Morgan fingerprint density at radius 2 is 2.06 bits per heavy atom. The number of nitrogens with zero attached hydrogens (tertiary/aromatic N) is 1. The third kappa shape index (κ3) is 1.65. The molecule has 1 aromatic carbocycles. The first-order chi connectivity index (χ1) is 7.50. The number of hydrogen-bond donors (Lipinski definition) is 1. The van der Waals surface area contributed by atoms with Gasteiger partial charge >= 0.3 is 0 Å². The van der Waals surface area contributed by atoms with E-state index in [0.717, 1.165) is 11.1 Å². The molecule has 0 saturated heterocycles. The third-order valence-electron chi connectivity index (χ3n) is 2.51. The number of aromatic nitrogens is 1. The van der Waals surface area contributed by atoms with Crippen molar-refractivity contribution in [3.8, 4) is 11.3 Å². The van der Waals surface area contributed by atoms with Gasteiger partial charge in [0.1, 0.15) is 5.82 Å². The van der Waals surface area contributed by atoms with E-state index in [9.17, 15) is 4.39 Å². The highest BCUT2D eigenvalue weighted by Gasteiger charge is 2.17. The molecular formula is C11H10ClFN2O. The van der Waals surface area contributed by atoms with Gasteiger partial charge in [0.05, 0.1) is 5.02 Å². The van der Waals surface area contributed by atoms with Crippen LogP contribution in [0, 0.1) is 19.7 Å². The second kappa shape index (κ2) is 3.79. The van der Waals surface area contributed by atoms with Gasteiger partial charge < -0.3 is 10.3 Å². The maximum atomic E-state index is 13.5. The largest absolute Gasteiger partial charge is 0.381 e. The van der Waals surface area contributed by atoms with Crippen molar-refractivity contribution in [1.29, 1.82) is 0 Å². The molecule has 2 N–H and O–H groups in total. The summed E-state index contributed by atoms with van der Waals surface area (Å²) in [6.45, 7) is 3.65. The Hall–Kier alpha value is -1.55. The van der Waals surface area contributed by atoms with Gasteiger partial charge in [0, 0.05) is 11.6 Å². The average molecular weight is 241 g/mol. The summed E-state index contributed by atoms with van der Waals surface area (Å²) in [4.78, 5) is 0. The molecule has 0 saturated carbocycles. The first-order valence-corrected chi connectivity index (χ1v) is 5.06. The lowest BCUT2D eigenvalue weighted by molar-refractivity contribution is 0.435. The number of aryl methyl sites for hydroxylation is 1. The summed E-state index contributed by atoms with van der Waals surface area (Å²) in [7, 11) is 0. The Morgan fingerprint density at radius 3 is 2.62 bits per heavy atom. The summed E-state index contributed by atoms with van der Waals surface area (Å²) in [5, 5.41) is 3.58. The van der Waals surface area contributed by atoms with Crippen LogP contribution in [0.5, 0.6) is 0 Å². The van der Waals surface area contributed by atoms with Crippen LogP contribution < -0.4 is 5.73 Å². The second-order valence-corrected chi connectivity index (χ2v) is 3.98. The van der Waals surface area contributed by atoms with Crippen molar-refractivity contribution in [3.05, 3.63) is 34.1 Å². The molecule has 0 aliphatic heterocycles. The lowest BCUT2D eigenvalue weighted by Crippen LogP contribution is -1.91. The molecule has 0 aliphatic carbocycles. The summed E-state index contributed by atoms with van der Waals surface area (Å²) in [6.07, 6.45) is 0. The van der Waals surface area contributed by atoms with Crippen molar-refractivity contribution in [2.75, 3.05) is 5.73 Å². The lowest BCUT2D eigenvalue weighted by Gasteiger charge is -2.08. The fourth-order valence-electron chi connectivity index (χ4n) is 1.54. The SMILES string of the molecule is Cc1cc(F)c(Cl)c(-c2cc(N)no2)c1C. The number of nitrogen functional groups attached to an aromatic ring is 1. The molecule has 0 unspecified atom stereocenters. The zero-order valence-electron chi connectivity index (χ0n) is 8.84. The molecule has 1 aromatic heterocycles. The van der Waals surface area contributed by atoms with Crippen LogP contribution in [0.3, 0.4) is 0 Å². The molecule has 0 atom stereocenters. The van der Waals surface area contributed by atoms with E-state index in [1.807, 2.05) is 6.92 Å². The number of benzene rings is 1. The molecule has 2 rings (SSSR count). The van der Waals surface area contributed by atoms with Gasteiger partial charge in [0.25, 0.3) is 0 Å². The molecule has 0 bridgehead atoms. The Balaban J connectivity index is 2.73. The number of halogens is 2. The fraction of sp³-hybridized carbons (Fsp3) is 0.182. The van der Waals surface area contributed by atoms with Crippen LogP contribution in [0.15, 0.2) is 16.7 Å². The highest BCUT2D eigenvalue weighted by atomic mass is 35.5. The van der Waals surface area contributed by atoms with Gasteiger partial charge in [-0.1, -0.05) is 16.8 Å². The number of anilines is 1. The molecule has 0 aliphatic rings. The van der Waals surface area contributed by atoms with Crippen molar-refractivity contribution in [2.24, 2.45) is 0 Å². The van der Waals surface area contributed by atoms with E-state index in [0.29, 0.717) is 11.3 Å². The Labute approximate surface area is 97.0 Å². The minimum absolute atomic E-state index is 0.0271. The summed E-state index contributed by atoms with van der Waals surface area (Å²) in [5.41, 5.74) is 7.60. The minimum Gasteiger partial charge on any atom is -0.381 e. The standard InChI is InChI=1S/C11H10ClFN2O/c1-5-3-7(13)11(12)10(6(5)2)8-4-9(14)15-16-8/h3-4H,1-2H3,(H2,14,15). The third-order valence-corrected chi connectivity index (χ3v) is 2.88. The molecule has 1 heterocycles. The van der Waals surface area contributed by atoms with E-state index < -0.39 is 5.82 Å². The molecule has 16 heavy (non-hydrogen) atoms. The second-order valence-electron chi connectivity index (χ2n) is 3.61. The van der Waals surface area contributed by atoms with Crippen LogP contribution in [-0.2, 0) is 0 Å². The van der Waals surface area contributed by atoms with E-state index in [1.165, 1.54) is 12.1 Å². The molecule has 0 radical (unpaired) electrons. The molecule has 0 spiro atoms. The van der Waals surface area contributed by atoms with Gasteiger partial charge in [-0.3, -0.25) is 0 Å². The van der Waals surface area contributed by atoms with Crippen LogP contribution in [0.2, 0.25) is 5.02 Å². The zero-order chi connectivity index (χ0) is 11.9. The fourth-order valence-corrected chi connectivity index (χ4v) is 1.83. The van der Waals surface area contributed by atoms with Gasteiger partial charge in [-0.25, -0.2) is 4.39 Å². The summed E-state index contributed by atoms with van der Waals surface area (Å²) >= 11 is 5.91. The van der Waals surface area contributed by atoms with Crippen molar-refractivity contribution in [3.63, 3.8) is 0 Å². The number of hydrogen-bond acceptors (Lipinski definition) is 3. The van der Waals surface area contributed by atoms with Crippen molar-refractivity contribution in [2.45, 2.75) is 13.8 Å². The Kier molecular flexibility index (Phi) is 2.59. The number of nitrogens with two attached hydrogens (primary N) is 1. The van der Waals surface area contributed by atoms with Crippen molar-refractivity contribution in [1.82, 2.24) is 5.16 Å². The molecular weight excluding hydrogens is 231 g/mol. The molecule has 0 amide bonds. The van der Waals surface area contributed by atoms with Crippen molar-refractivity contribution >= 4 is 17.4 Å². The number of rotatable bonds is 1. The first-order valence-electron chi connectivity index (χ1n) is 4.68. The molecule has 5 heteroatoms. The topological polar surface area (TPSA) is 52.0 Å². The van der Waals surface area contributed by atoms with E-state index in [4.69, 9.17) is 21.9 Å². The van der Waals surface area contributed by atoms with Gasteiger partial charge in [0.15, 0.2) is 11.6 Å². The zero-order valence-corrected chi connectivity index (χ0v) is 9.60. The predicted molar refractivity (Wildman–Crippen MR) is 60.8 cm³/mol. The Morgan fingerprint density at radius 1 is 1.38 bits per heavy atom. The van der Waals surface area contributed by atoms with E-state index in [-0.39, 0.29) is 10.8 Å². The highest BCUT2D eigenvalue weighted by Crippen LogP contribution is 2.35. The van der Waals surface area contributed by atoms with Crippen LogP contribution in [-0.4, -0.2) is 5.16 Å². The highest BCUT2D eigenvalue weighted by molar-refractivity contribution is 6.33. The van der Waals surface area contributed by atoms with E-state index >= 15 is 0 Å². The molecule has 3 nitrogen and oxygen atoms in total. The predicted octanol–water partition coefficient (Wildman–Crippen LogP) is 3.33. The molecule has 84 valence electrons. The van der Waals surface area contributed by atoms with Crippen LogP contribution >= 0.6 is 11.6 Å². The van der Waals surface area contributed by atoms with Gasteiger partial charge in [-0.05, 0) is 31.0 Å². The summed E-state index contributed by atoms with van der Waals surface area (Å²) in [6, 6.07) is 2.91. The monoisotopic (exact) mass is 240 g/mol. The minimum atomic E-state index is -0.477. The van der Waals surface area contributed by atoms with Crippen LogP contribution in [0.1, 0.15) is 11.1 Å². The van der Waals surface area contributed by atoms with Crippen LogP contribution in [0.4, 0.5) is 10.2 Å². The van der Waals surface area contributed by atoms with Crippen LogP contribution in [0.25, 0.3) is 11.3 Å².